The number of anilines is 1. The first-order valence-corrected chi connectivity index (χ1v) is 12.7. The number of rotatable bonds is 5. The number of aliphatic imine (C=N–C) groups is 1. The number of nitrogen functional groups attached to an aromatic ring is 1. The summed E-state index contributed by atoms with van der Waals surface area (Å²) >= 11 is 0. The Morgan fingerprint density at radius 2 is 2.10 bits per heavy atom. The topological polar surface area (TPSA) is 148 Å². The number of benzene rings is 1. The lowest BCUT2D eigenvalue weighted by Crippen LogP contribution is -2.43. The van der Waals surface area contributed by atoms with Crippen LogP contribution in [-0.4, -0.2) is 69.6 Å². The molecule has 204 valence electrons. The molecule has 0 saturated carbocycles. The second-order valence-corrected chi connectivity index (χ2v) is 9.59. The van der Waals surface area contributed by atoms with Crippen LogP contribution in [0.4, 0.5) is 10.3 Å². The fourth-order valence-corrected chi connectivity index (χ4v) is 5.03. The largest absolute Gasteiger partial charge is 0.481 e. The molecule has 0 bridgehead atoms. The molecule has 1 saturated heterocycles. The third-order valence-electron chi connectivity index (χ3n) is 6.77. The third-order valence-corrected chi connectivity index (χ3v) is 6.77. The number of nitrogens with two attached hydrogens (primary N) is 1. The highest BCUT2D eigenvalue weighted by atomic mass is 19.1. The van der Waals surface area contributed by atoms with E-state index in [4.69, 9.17) is 20.3 Å². The molecule has 1 fully saturated rings. The van der Waals surface area contributed by atoms with Crippen LogP contribution in [0.5, 0.6) is 5.88 Å². The minimum Gasteiger partial charge on any atom is -0.481 e. The first kappa shape index (κ1) is 26.4. The first-order chi connectivity index (χ1) is 18.8. The number of aliphatic hydroxyl groups excluding tert-OH is 1. The van der Waals surface area contributed by atoms with Crippen LogP contribution in [-0.2, 0) is 16.1 Å². The average Bonchev–Trinajstić information content (AvgIpc) is 2.91. The molecule has 2 atom stereocenters. The Balaban J connectivity index is 1.46. The van der Waals surface area contributed by atoms with Gasteiger partial charge in [0.2, 0.25) is 11.8 Å². The maximum atomic E-state index is 14.4. The maximum Gasteiger partial charge on any atom is 0.346 e. The van der Waals surface area contributed by atoms with E-state index in [2.05, 4.69) is 20.4 Å². The molecule has 11 nitrogen and oxygen atoms in total. The summed E-state index contributed by atoms with van der Waals surface area (Å²) < 4.78 is 19.7. The maximum absolute atomic E-state index is 14.4. The number of hydroxylamine groups is 1. The van der Waals surface area contributed by atoms with Crippen molar-refractivity contribution >= 4 is 17.8 Å². The molecule has 5 rings (SSSR count). The molecule has 1 aromatic carbocycles. The Bertz CT molecular complexity index is 1420. The van der Waals surface area contributed by atoms with E-state index in [9.17, 15) is 14.3 Å². The number of carbonyl (C=O) groups is 1. The van der Waals surface area contributed by atoms with Crippen molar-refractivity contribution in [3.63, 3.8) is 0 Å². The Morgan fingerprint density at radius 3 is 2.90 bits per heavy atom. The van der Waals surface area contributed by atoms with Crippen molar-refractivity contribution in [3.8, 4) is 17.1 Å². The molecule has 2 aliphatic heterocycles. The van der Waals surface area contributed by atoms with E-state index in [-0.39, 0.29) is 18.3 Å². The van der Waals surface area contributed by atoms with Gasteiger partial charge in [-0.25, -0.2) is 24.1 Å². The molecule has 4 N–H and O–H groups in total. The van der Waals surface area contributed by atoms with E-state index in [1.165, 1.54) is 19.2 Å². The molecule has 0 spiro atoms. The van der Waals surface area contributed by atoms with Crippen molar-refractivity contribution in [3.05, 3.63) is 64.7 Å². The zero-order chi connectivity index (χ0) is 27.5. The first-order valence-electron chi connectivity index (χ1n) is 12.7. The van der Waals surface area contributed by atoms with E-state index < -0.39 is 23.9 Å². The number of halogens is 1. The van der Waals surface area contributed by atoms with Crippen LogP contribution in [0.15, 0.2) is 41.4 Å². The molecule has 4 heterocycles. The zero-order valence-corrected chi connectivity index (χ0v) is 21.7. The molecular formula is C27H30FN7O4. The number of likely N-dealkylation sites (tertiary alicyclic amines) is 1. The molecule has 2 aliphatic rings. The smallest absolute Gasteiger partial charge is 0.346 e. The molecule has 12 heteroatoms. The minimum absolute atomic E-state index is 0.0223. The van der Waals surface area contributed by atoms with Crippen molar-refractivity contribution in [2.45, 2.75) is 38.3 Å². The van der Waals surface area contributed by atoms with Crippen LogP contribution in [0.25, 0.3) is 11.3 Å². The van der Waals surface area contributed by atoms with Crippen molar-refractivity contribution in [2.24, 2.45) is 4.99 Å². The zero-order valence-electron chi connectivity index (χ0n) is 21.7. The van der Waals surface area contributed by atoms with Crippen LogP contribution in [0.1, 0.15) is 41.4 Å². The quantitative estimate of drug-likeness (QED) is 0.415. The Labute approximate surface area is 224 Å². The Morgan fingerprint density at radius 1 is 1.26 bits per heavy atom. The number of amidine groups is 1. The van der Waals surface area contributed by atoms with Crippen molar-refractivity contribution in [1.82, 2.24) is 25.3 Å². The van der Waals surface area contributed by atoms with Crippen LogP contribution in [0, 0.1) is 12.7 Å². The van der Waals surface area contributed by atoms with Crippen molar-refractivity contribution in [2.75, 3.05) is 32.5 Å². The van der Waals surface area contributed by atoms with Gasteiger partial charge in [-0.3, -0.25) is 9.89 Å². The van der Waals surface area contributed by atoms with E-state index in [0.717, 1.165) is 12.8 Å². The number of pyridine rings is 1. The number of hydrogen-bond donors (Lipinski definition) is 3. The van der Waals surface area contributed by atoms with Crippen molar-refractivity contribution < 1.29 is 23.9 Å². The highest BCUT2D eigenvalue weighted by molar-refractivity contribution is 6.01. The van der Waals surface area contributed by atoms with Gasteiger partial charge in [-0.1, -0.05) is 12.1 Å². The normalized spacial score (nSPS) is 19.1. The average molecular weight is 536 g/mol. The number of methoxy groups -OCH3 is 1. The van der Waals surface area contributed by atoms with Crippen LogP contribution < -0.4 is 16.0 Å². The van der Waals surface area contributed by atoms with Crippen LogP contribution >= 0.6 is 0 Å². The highest BCUT2D eigenvalue weighted by Gasteiger charge is 2.29. The number of carbonyl (C=O) groups excluding carboxylic acids is 1. The van der Waals surface area contributed by atoms with E-state index >= 15 is 0 Å². The second-order valence-electron chi connectivity index (χ2n) is 9.59. The molecule has 0 unspecified atom stereocenters. The van der Waals surface area contributed by atoms with Gasteiger partial charge in [-0.15, -0.1) is 0 Å². The number of aromatic nitrogens is 3. The fourth-order valence-electron chi connectivity index (χ4n) is 5.03. The van der Waals surface area contributed by atoms with Gasteiger partial charge in [0.25, 0.3) is 0 Å². The number of hydrogen-bond acceptors (Lipinski definition) is 11. The summed E-state index contributed by atoms with van der Waals surface area (Å²) in [4.78, 5) is 37.9. The number of piperidine rings is 1. The van der Waals surface area contributed by atoms with Gasteiger partial charge in [0.15, 0.2) is 5.84 Å². The number of β-amino-alcohol motifs (C(OH)–C–C–N with tert-alkyl or cyclic N) is 1. The fraction of sp³-hybridized carbons (Fsp3) is 0.370. The molecular weight excluding hydrogens is 505 g/mol. The molecule has 0 aliphatic carbocycles. The van der Waals surface area contributed by atoms with E-state index in [1.807, 2.05) is 4.90 Å². The summed E-state index contributed by atoms with van der Waals surface area (Å²) in [5.74, 6) is -0.171. The minimum atomic E-state index is -0.521. The van der Waals surface area contributed by atoms with Gasteiger partial charge in [0.1, 0.15) is 5.82 Å². The molecule has 0 amide bonds. The SMILES string of the molecule is COc1cccc(-c2cc(F)ccc2[C@H]2Cc3nc(N)nc(C)c3C(NOC(=O)CN3CCC[C@@H](O)C3)=N2)n1. The highest BCUT2D eigenvalue weighted by Crippen LogP contribution is 2.36. The lowest BCUT2D eigenvalue weighted by Gasteiger charge is -2.29. The van der Waals surface area contributed by atoms with E-state index in [1.54, 1.807) is 31.2 Å². The molecule has 0 radical (unpaired) electrons. The molecule has 3 aromatic rings. The summed E-state index contributed by atoms with van der Waals surface area (Å²) in [6.07, 6.45) is 1.43. The number of fused-ring (bicyclic) bond motifs is 1. The van der Waals surface area contributed by atoms with Gasteiger partial charge in [0.05, 0.1) is 48.4 Å². The lowest BCUT2D eigenvalue weighted by atomic mass is 9.91. The summed E-state index contributed by atoms with van der Waals surface area (Å²) in [5.41, 5.74) is 12.2. The van der Waals surface area contributed by atoms with Crippen LogP contribution in [0.2, 0.25) is 0 Å². The van der Waals surface area contributed by atoms with Gasteiger partial charge in [-0.05, 0) is 50.1 Å². The number of nitrogens with zero attached hydrogens (tertiary/aromatic N) is 5. The van der Waals surface area contributed by atoms with Gasteiger partial charge < -0.3 is 20.4 Å². The summed E-state index contributed by atoms with van der Waals surface area (Å²) in [6, 6.07) is 9.17. The summed E-state index contributed by atoms with van der Waals surface area (Å²) in [5, 5.41) is 9.89. The standard InChI is InChI=1S/C27H30FN7O4/c1-15-25-22(33-27(29)30-15)12-21(32-26(25)34-39-24(37)14-35-10-4-5-17(36)13-35)18-9-8-16(28)11-19(18)20-6-3-7-23(31-20)38-2/h3,6-9,11,17,21,36H,4-5,10,12-14H2,1-2H3,(H,32,34)(H2,29,30,33)/t17-,21-/m1/s1. The van der Waals surface area contributed by atoms with Crippen molar-refractivity contribution in [1.29, 1.82) is 0 Å². The number of aryl methyl sites for hydroxylation is 1. The van der Waals surface area contributed by atoms with Crippen LogP contribution in [0.3, 0.4) is 0 Å². The monoisotopic (exact) mass is 535 g/mol. The molecule has 39 heavy (non-hydrogen) atoms. The summed E-state index contributed by atoms with van der Waals surface area (Å²) in [6.45, 7) is 2.91. The third kappa shape index (κ3) is 5.96. The van der Waals surface area contributed by atoms with Gasteiger partial charge in [-0.2, -0.15) is 5.48 Å². The second kappa shape index (κ2) is 11.3. The number of nitrogens with one attached hydrogen (secondary N) is 1. The number of aliphatic hydroxyl groups is 1. The lowest BCUT2D eigenvalue weighted by molar-refractivity contribution is -0.149. The Kier molecular flexibility index (Phi) is 7.66. The van der Waals surface area contributed by atoms with E-state index in [0.29, 0.717) is 59.2 Å². The predicted octanol–water partition coefficient (Wildman–Crippen LogP) is 2.13. The predicted molar refractivity (Wildman–Crippen MR) is 141 cm³/mol. The Hall–Kier alpha value is -4.16. The summed E-state index contributed by atoms with van der Waals surface area (Å²) in [7, 11) is 1.51. The number of ether oxygens (including phenoxy) is 1. The van der Waals surface area contributed by atoms with Gasteiger partial charge >= 0.3 is 5.97 Å². The van der Waals surface area contributed by atoms with Gasteiger partial charge in [0, 0.05) is 24.6 Å². The molecule has 2 aromatic heterocycles.